The van der Waals surface area contributed by atoms with Crippen molar-refractivity contribution in [2.75, 3.05) is 18.6 Å². The SMILES string of the molecule is CCCCCCCCCCCCCCCCCCSC[C@H](O)[C@H]1OC(=O)C(OC)=C1O. The first kappa shape index (κ1) is 28.2. The number of unbranched alkanes of at least 4 members (excludes halogenated alkanes) is 15. The second-order valence-corrected chi connectivity index (χ2v) is 9.84. The standard InChI is InChI=1S/C25H46O5S/c1-3-4-5-6-7-8-9-10-11-12-13-14-15-16-17-18-19-31-20-21(26)23-22(27)24(29-2)25(28)30-23/h21,23,26-27H,3-20H2,1-2H3/t21-,23+/m0/s1. The number of hydrogen-bond donors (Lipinski definition) is 2. The van der Waals surface area contributed by atoms with Crippen molar-refractivity contribution in [2.24, 2.45) is 0 Å². The molecular formula is C25H46O5S. The Morgan fingerprint density at radius 2 is 1.32 bits per heavy atom. The summed E-state index contributed by atoms with van der Waals surface area (Å²) in [6.45, 7) is 2.27. The van der Waals surface area contributed by atoms with Gasteiger partial charge >= 0.3 is 5.97 Å². The van der Waals surface area contributed by atoms with E-state index in [1.54, 1.807) is 11.8 Å². The highest BCUT2D eigenvalue weighted by molar-refractivity contribution is 7.99. The Hall–Kier alpha value is -0.880. The highest BCUT2D eigenvalue weighted by atomic mass is 32.2. The van der Waals surface area contributed by atoms with Gasteiger partial charge < -0.3 is 19.7 Å². The zero-order chi connectivity index (χ0) is 22.7. The molecule has 2 atom stereocenters. The number of cyclic esters (lactones) is 1. The first-order valence-electron chi connectivity index (χ1n) is 12.6. The van der Waals surface area contributed by atoms with Crippen LogP contribution in [-0.2, 0) is 14.3 Å². The van der Waals surface area contributed by atoms with Crippen molar-refractivity contribution in [1.82, 2.24) is 0 Å². The van der Waals surface area contributed by atoms with E-state index in [1.807, 2.05) is 0 Å². The van der Waals surface area contributed by atoms with Crippen molar-refractivity contribution < 1.29 is 24.5 Å². The number of carbonyl (C=O) groups excluding carboxylic acids is 1. The first-order chi connectivity index (χ1) is 15.1. The van der Waals surface area contributed by atoms with Crippen LogP contribution in [0.4, 0.5) is 0 Å². The molecule has 0 aromatic heterocycles. The summed E-state index contributed by atoms with van der Waals surface area (Å²) in [6, 6.07) is 0. The quantitative estimate of drug-likeness (QED) is 0.147. The maximum atomic E-state index is 11.5. The smallest absolute Gasteiger partial charge is 0.378 e. The number of ether oxygens (including phenoxy) is 2. The molecule has 31 heavy (non-hydrogen) atoms. The van der Waals surface area contributed by atoms with Gasteiger partial charge in [0.1, 0.15) is 6.10 Å². The molecule has 0 amide bonds. The molecule has 1 rings (SSSR count). The molecule has 0 saturated heterocycles. The molecule has 0 spiro atoms. The van der Waals surface area contributed by atoms with E-state index in [0.29, 0.717) is 5.75 Å². The van der Waals surface area contributed by atoms with E-state index in [-0.39, 0.29) is 11.5 Å². The lowest BCUT2D eigenvalue weighted by atomic mass is 10.0. The third-order valence-electron chi connectivity index (χ3n) is 5.91. The van der Waals surface area contributed by atoms with Gasteiger partial charge in [0.25, 0.3) is 0 Å². The molecule has 0 saturated carbocycles. The van der Waals surface area contributed by atoms with Gasteiger partial charge in [0.2, 0.25) is 5.76 Å². The molecule has 0 unspecified atom stereocenters. The van der Waals surface area contributed by atoms with Crippen LogP contribution in [0.5, 0.6) is 0 Å². The summed E-state index contributed by atoms with van der Waals surface area (Å²) in [5.74, 6) is 0.178. The van der Waals surface area contributed by atoms with E-state index in [2.05, 4.69) is 6.92 Å². The Balaban J connectivity index is 1.83. The third-order valence-corrected chi connectivity index (χ3v) is 7.06. The Bertz CT molecular complexity index is 494. The minimum Gasteiger partial charge on any atom is -0.505 e. The Labute approximate surface area is 194 Å². The lowest BCUT2D eigenvalue weighted by Gasteiger charge is -2.16. The van der Waals surface area contributed by atoms with Crippen molar-refractivity contribution in [3.05, 3.63) is 11.5 Å². The molecule has 182 valence electrons. The van der Waals surface area contributed by atoms with Gasteiger partial charge in [-0.15, -0.1) is 0 Å². The van der Waals surface area contributed by atoms with Gasteiger partial charge in [0.15, 0.2) is 11.9 Å². The summed E-state index contributed by atoms with van der Waals surface area (Å²) in [5, 5.41) is 20.0. The highest BCUT2D eigenvalue weighted by Gasteiger charge is 2.39. The molecular weight excluding hydrogens is 412 g/mol. The fraction of sp³-hybridized carbons (Fsp3) is 0.880. The molecule has 0 aromatic rings. The number of carbonyl (C=O) groups is 1. The average Bonchev–Trinajstić information content (AvgIpc) is 3.06. The summed E-state index contributed by atoms with van der Waals surface area (Å²) in [5.41, 5.74) is 0. The zero-order valence-electron chi connectivity index (χ0n) is 19.9. The van der Waals surface area contributed by atoms with Crippen molar-refractivity contribution in [1.29, 1.82) is 0 Å². The predicted molar refractivity (Wildman–Crippen MR) is 129 cm³/mol. The lowest BCUT2D eigenvalue weighted by molar-refractivity contribution is -0.146. The van der Waals surface area contributed by atoms with Crippen LogP contribution in [0.2, 0.25) is 0 Å². The van der Waals surface area contributed by atoms with E-state index < -0.39 is 18.2 Å². The summed E-state index contributed by atoms with van der Waals surface area (Å²) in [6.07, 6.45) is 19.8. The number of esters is 1. The van der Waals surface area contributed by atoms with Crippen LogP contribution in [-0.4, -0.2) is 47.0 Å². The molecule has 0 radical (unpaired) electrons. The first-order valence-corrected chi connectivity index (χ1v) is 13.7. The van der Waals surface area contributed by atoms with Crippen LogP contribution >= 0.6 is 11.8 Å². The van der Waals surface area contributed by atoms with Crippen molar-refractivity contribution in [3.63, 3.8) is 0 Å². The summed E-state index contributed by atoms with van der Waals surface area (Å²) >= 11 is 1.63. The molecule has 0 fully saturated rings. The summed E-state index contributed by atoms with van der Waals surface area (Å²) < 4.78 is 9.77. The number of methoxy groups -OCH3 is 1. The summed E-state index contributed by atoms with van der Waals surface area (Å²) in [4.78, 5) is 11.5. The predicted octanol–water partition coefficient (Wildman–Crippen LogP) is 6.68. The largest absolute Gasteiger partial charge is 0.505 e. The molecule has 1 heterocycles. The van der Waals surface area contributed by atoms with E-state index in [9.17, 15) is 15.0 Å². The van der Waals surface area contributed by atoms with Crippen LogP contribution in [0.3, 0.4) is 0 Å². The number of rotatable bonds is 21. The van der Waals surface area contributed by atoms with E-state index in [0.717, 1.165) is 12.2 Å². The van der Waals surface area contributed by atoms with E-state index in [4.69, 9.17) is 9.47 Å². The van der Waals surface area contributed by atoms with Crippen LogP contribution < -0.4 is 0 Å². The second kappa shape index (κ2) is 18.7. The van der Waals surface area contributed by atoms with Gasteiger partial charge in [-0.1, -0.05) is 103 Å². The minimum absolute atomic E-state index is 0.202. The molecule has 2 N–H and O–H groups in total. The second-order valence-electron chi connectivity index (χ2n) is 8.69. The molecule has 1 aliphatic heterocycles. The summed E-state index contributed by atoms with van der Waals surface area (Å²) in [7, 11) is 1.30. The zero-order valence-corrected chi connectivity index (χ0v) is 20.7. The normalized spacial score (nSPS) is 17.3. The minimum atomic E-state index is -0.999. The van der Waals surface area contributed by atoms with E-state index >= 15 is 0 Å². The van der Waals surface area contributed by atoms with Gasteiger partial charge in [0, 0.05) is 5.75 Å². The number of aliphatic hydroxyl groups is 2. The van der Waals surface area contributed by atoms with Crippen molar-refractivity contribution in [2.45, 2.75) is 122 Å². The number of aliphatic hydroxyl groups excluding tert-OH is 2. The topological polar surface area (TPSA) is 76.0 Å². The highest BCUT2D eigenvalue weighted by Crippen LogP contribution is 2.25. The molecule has 6 heteroatoms. The fourth-order valence-corrected chi connectivity index (χ4v) is 4.94. The van der Waals surface area contributed by atoms with Gasteiger partial charge in [-0.25, -0.2) is 4.79 Å². The number of thioether (sulfide) groups is 1. The van der Waals surface area contributed by atoms with Gasteiger partial charge in [-0.3, -0.25) is 0 Å². The maximum absolute atomic E-state index is 11.5. The van der Waals surface area contributed by atoms with Gasteiger partial charge in [0.05, 0.1) is 7.11 Å². The van der Waals surface area contributed by atoms with Crippen LogP contribution in [0, 0.1) is 0 Å². The molecule has 0 bridgehead atoms. The maximum Gasteiger partial charge on any atom is 0.378 e. The van der Waals surface area contributed by atoms with Crippen LogP contribution in [0.25, 0.3) is 0 Å². The van der Waals surface area contributed by atoms with Crippen molar-refractivity contribution in [3.8, 4) is 0 Å². The van der Waals surface area contributed by atoms with Crippen molar-refractivity contribution >= 4 is 17.7 Å². The van der Waals surface area contributed by atoms with Gasteiger partial charge in [-0.05, 0) is 12.2 Å². The van der Waals surface area contributed by atoms with E-state index in [1.165, 1.54) is 103 Å². The lowest BCUT2D eigenvalue weighted by Crippen LogP contribution is -2.30. The molecule has 0 aliphatic carbocycles. The van der Waals surface area contributed by atoms with Gasteiger partial charge in [-0.2, -0.15) is 11.8 Å². The van der Waals surface area contributed by atoms with Crippen LogP contribution in [0.15, 0.2) is 11.5 Å². The third kappa shape index (κ3) is 12.7. The Kier molecular flexibility index (Phi) is 17.0. The Morgan fingerprint density at radius 1 is 0.871 bits per heavy atom. The molecule has 1 aliphatic rings. The molecule has 5 nitrogen and oxygen atoms in total. The molecule has 0 aromatic carbocycles. The fourth-order valence-electron chi connectivity index (χ4n) is 3.95. The average molecular weight is 459 g/mol. The Morgan fingerprint density at radius 3 is 1.74 bits per heavy atom. The van der Waals surface area contributed by atoms with Crippen LogP contribution in [0.1, 0.15) is 110 Å². The number of hydrogen-bond acceptors (Lipinski definition) is 6. The monoisotopic (exact) mass is 458 g/mol.